The van der Waals surface area contributed by atoms with Gasteiger partial charge in [0.25, 0.3) is 0 Å². The van der Waals surface area contributed by atoms with Gasteiger partial charge in [-0.25, -0.2) is 9.13 Å². The Morgan fingerprint density at radius 1 is 0.322 bits per heavy atom. The van der Waals surface area contributed by atoms with E-state index in [4.69, 9.17) is 37.0 Å². The monoisotopic (exact) mass is 1320 g/mol. The smallest absolute Gasteiger partial charge is 0.462 e. The van der Waals surface area contributed by atoms with Crippen molar-refractivity contribution in [1.29, 1.82) is 0 Å². The number of phosphoric acid groups is 2. The summed E-state index contributed by atoms with van der Waals surface area (Å²) >= 11 is 0. The average molecular weight is 1330 g/mol. The zero-order valence-electron chi connectivity index (χ0n) is 58.4. The summed E-state index contributed by atoms with van der Waals surface area (Å²) in [5.41, 5.74) is 0. The van der Waals surface area contributed by atoms with E-state index < -0.39 is 97.5 Å². The number of unbranched alkanes of at least 4 members (excludes halogenated alkanes) is 39. The second kappa shape index (κ2) is 63.1. The molecule has 0 aromatic rings. The Balaban J connectivity index is 5.25. The van der Waals surface area contributed by atoms with Crippen LogP contribution >= 0.6 is 15.6 Å². The van der Waals surface area contributed by atoms with E-state index in [2.05, 4.69) is 41.5 Å². The second-order valence-electron chi connectivity index (χ2n) is 26.3. The van der Waals surface area contributed by atoms with Gasteiger partial charge >= 0.3 is 39.5 Å². The highest BCUT2D eigenvalue weighted by atomic mass is 31.2. The predicted molar refractivity (Wildman–Crippen MR) is 363 cm³/mol. The van der Waals surface area contributed by atoms with Crippen LogP contribution in [0.3, 0.4) is 0 Å². The molecule has 90 heavy (non-hydrogen) atoms. The maximum absolute atomic E-state index is 13.0. The van der Waals surface area contributed by atoms with Crippen LogP contribution in [0.1, 0.15) is 363 Å². The number of carbonyl (C=O) groups is 4. The molecule has 0 fully saturated rings. The van der Waals surface area contributed by atoms with Gasteiger partial charge in [0.05, 0.1) is 26.4 Å². The van der Waals surface area contributed by atoms with E-state index in [0.29, 0.717) is 31.6 Å². The highest BCUT2D eigenvalue weighted by Crippen LogP contribution is 2.45. The Bertz CT molecular complexity index is 1750. The first kappa shape index (κ1) is 88.1. The van der Waals surface area contributed by atoms with Gasteiger partial charge in [0.15, 0.2) is 12.2 Å². The molecular weight excluding hydrogens is 1190 g/mol. The van der Waals surface area contributed by atoms with Crippen molar-refractivity contribution in [2.24, 2.45) is 11.8 Å². The molecule has 17 nitrogen and oxygen atoms in total. The minimum absolute atomic E-state index is 0.106. The first-order chi connectivity index (χ1) is 43.4. The van der Waals surface area contributed by atoms with Gasteiger partial charge in [-0.2, -0.15) is 0 Å². The largest absolute Gasteiger partial charge is 0.472 e. The molecule has 0 saturated carbocycles. The van der Waals surface area contributed by atoms with Crippen molar-refractivity contribution in [3.05, 3.63) is 0 Å². The third-order valence-electron chi connectivity index (χ3n) is 16.8. The Labute approximate surface area is 549 Å². The van der Waals surface area contributed by atoms with Gasteiger partial charge in [0.1, 0.15) is 19.3 Å². The summed E-state index contributed by atoms with van der Waals surface area (Å²) in [6, 6.07) is 0. The topological polar surface area (TPSA) is 237 Å². The summed E-state index contributed by atoms with van der Waals surface area (Å²) in [5, 5.41) is 10.6. The lowest BCUT2D eigenvalue weighted by atomic mass is 9.99. The Hall–Kier alpha value is -1.94. The van der Waals surface area contributed by atoms with Crippen LogP contribution in [-0.2, 0) is 65.4 Å². The van der Waals surface area contributed by atoms with E-state index in [1.54, 1.807) is 0 Å². The van der Waals surface area contributed by atoms with Gasteiger partial charge in [0, 0.05) is 25.7 Å². The first-order valence-electron chi connectivity index (χ1n) is 37.0. The lowest BCUT2D eigenvalue weighted by Crippen LogP contribution is -2.30. The van der Waals surface area contributed by atoms with Gasteiger partial charge in [-0.1, -0.05) is 311 Å². The summed E-state index contributed by atoms with van der Waals surface area (Å²) in [4.78, 5) is 72.6. The fraction of sp³-hybridized carbons (Fsp3) is 0.944. The van der Waals surface area contributed by atoms with Crippen LogP contribution in [0.5, 0.6) is 0 Å². The van der Waals surface area contributed by atoms with Gasteiger partial charge in [0.2, 0.25) is 0 Å². The van der Waals surface area contributed by atoms with Crippen molar-refractivity contribution >= 4 is 39.5 Å². The molecule has 0 aliphatic rings. The van der Waals surface area contributed by atoms with Crippen molar-refractivity contribution in [3.8, 4) is 0 Å². The van der Waals surface area contributed by atoms with Crippen molar-refractivity contribution in [1.82, 2.24) is 0 Å². The Morgan fingerprint density at radius 2 is 0.567 bits per heavy atom. The summed E-state index contributed by atoms with van der Waals surface area (Å²) in [6.45, 7) is 9.51. The number of rotatable bonds is 70. The lowest BCUT2D eigenvalue weighted by Gasteiger charge is -2.21. The summed E-state index contributed by atoms with van der Waals surface area (Å²) in [7, 11) is -9.90. The lowest BCUT2D eigenvalue weighted by molar-refractivity contribution is -0.161. The van der Waals surface area contributed by atoms with E-state index in [-0.39, 0.29) is 25.7 Å². The number of hydrogen-bond acceptors (Lipinski definition) is 15. The molecule has 0 aromatic carbocycles. The molecule has 0 amide bonds. The molecule has 0 aliphatic carbocycles. The highest BCUT2D eigenvalue weighted by molar-refractivity contribution is 7.47. The minimum atomic E-state index is -4.95. The molecule has 534 valence electrons. The van der Waals surface area contributed by atoms with Crippen LogP contribution in [0, 0.1) is 11.8 Å². The Morgan fingerprint density at radius 3 is 0.844 bits per heavy atom. The highest BCUT2D eigenvalue weighted by Gasteiger charge is 2.30. The number of hydrogen-bond donors (Lipinski definition) is 3. The molecule has 0 spiro atoms. The molecule has 6 atom stereocenters. The van der Waals surface area contributed by atoms with Gasteiger partial charge in [-0.3, -0.25) is 37.3 Å². The van der Waals surface area contributed by atoms with Crippen LogP contribution in [0.4, 0.5) is 0 Å². The molecule has 0 aliphatic heterocycles. The molecule has 0 radical (unpaired) electrons. The van der Waals surface area contributed by atoms with Gasteiger partial charge in [-0.05, 0) is 37.5 Å². The van der Waals surface area contributed by atoms with E-state index in [0.717, 1.165) is 102 Å². The summed E-state index contributed by atoms with van der Waals surface area (Å²) < 4.78 is 68.3. The molecule has 3 N–H and O–H groups in total. The third kappa shape index (κ3) is 63.5. The number of aliphatic hydroxyl groups excluding tert-OH is 1. The normalized spacial score (nSPS) is 14.4. The molecular formula is C71H138O17P2. The van der Waals surface area contributed by atoms with Crippen LogP contribution in [0.15, 0.2) is 0 Å². The summed E-state index contributed by atoms with van der Waals surface area (Å²) in [6.07, 6.45) is 48.5. The molecule has 0 saturated heterocycles. The maximum Gasteiger partial charge on any atom is 0.472 e. The van der Waals surface area contributed by atoms with E-state index in [9.17, 15) is 43.2 Å². The van der Waals surface area contributed by atoms with Gasteiger partial charge < -0.3 is 33.8 Å². The number of esters is 4. The molecule has 0 heterocycles. The third-order valence-corrected chi connectivity index (χ3v) is 18.7. The molecule has 0 bridgehead atoms. The number of ether oxygens (including phenoxy) is 4. The Kier molecular flexibility index (Phi) is 61.8. The van der Waals surface area contributed by atoms with E-state index in [1.165, 1.54) is 173 Å². The predicted octanol–water partition coefficient (Wildman–Crippen LogP) is 20.4. The zero-order chi connectivity index (χ0) is 66.5. The molecule has 19 heteroatoms. The van der Waals surface area contributed by atoms with Crippen LogP contribution in [-0.4, -0.2) is 96.7 Å². The number of phosphoric ester groups is 2. The molecule has 0 aromatic heterocycles. The second-order valence-corrected chi connectivity index (χ2v) is 29.3. The van der Waals surface area contributed by atoms with Crippen molar-refractivity contribution in [3.63, 3.8) is 0 Å². The maximum atomic E-state index is 13.0. The van der Waals surface area contributed by atoms with Crippen molar-refractivity contribution in [2.45, 2.75) is 381 Å². The number of carbonyl (C=O) groups excluding carboxylic acids is 4. The van der Waals surface area contributed by atoms with Gasteiger partial charge in [-0.15, -0.1) is 0 Å². The van der Waals surface area contributed by atoms with Crippen LogP contribution < -0.4 is 0 Å². The minimum Gasteiger partial charge on any atom is -0.462 e. The van der Waals surface area contributed by atoms with E-state index in [1.807, 2.05) is 0 Å². The van der Waals surface area contributed by atoms with E-state index >= 15 is 0 Å². The molecule has 3 unspecified atom stereocenters. The SMILES string of the molecule is CCCCCCCCCCCCCCCCC(=O)OC[C@H](COP(=O)(O)OC[C@@H](O)COP(=O)(O)OC[C@@H](COC(=O)CCCCCCCCC(C)C)OC(=O)CCCCCCCCCCCCCCC)OC(=O)CCCCCCCCCCCCC(C)CC. The van der Waals surface area contributed by atoms with Crippen LogP contribution in [0.2, 0.25) is 0 Å². The fourth-order valence-corrected chi connectivity index (χ4v) is 12.3. The zero-order valence-corrected chi connectivity index (χ0v) is 60.2. The quantitative estimate of drug-likeness (QED) is 0.0222. The average Bonchev–Trinajstić information content (AvgIpc) is 3.14. The van der Waals surface area contributed by atoms with Crippen molar-refractivity contribution < 1.29 is 80.2 Å². The first-order valence-corrected chi connectivity index (χ1v) is 40.0. The van der Waals surface area contributed by atoms with Crippen LogP contribution in [0.25, 0.3) is 0 Å². The van der Waals surface area contributed by atoms with Crippen molar-refractivity contribution in [2.75, 3.05) is 39.6 Å². The standard InChI is InChI=1S/C71H138O17P2/c1-7-10-12-14-16-18-20-22-24-25-30-34-41-47-53-68(73)81-59-66(87-71(76)56-50-44-36-32-28-27-29-33-40-46-52-64(6)9-3)61-85-89(77,78)83-57-65(72)58-84-90(79,80)86-62-67(60-82-69(74)54-48-42-38-37-39-45-51-63(4)5)88-70(75)55-49-43-35-31-26-23-21-19-17-15-13-11-8-2/h63-67,72H,7-62H2,1-6H3,(H,77,78)(H,79,80)/t64?,65-,66-,67-/m1/s1. The molecule has 0 rings (SSSR count). The number of aliphatic hydroxyl groups is 1. The fourth-order valence-electron chi connectivity index (χ4n) is 10.7. The summed E-state index contributed by atoms with van der Waals surface area (Å²) in [5.74, 6) is -0.640.